The average molecular weight is 390 g/mol. The van der Waals surface area contributed by atoms with Crippen molar-refractivity contribution in [3.63, 3.8) is 0 Å². The zero-order valence-corrected chi connectivity index (χ0v) is 14.4. The van der Waals surface area contributed by atoms with Crippen molar-refractivity contribution in [2.24, 2.45) is 0 Å². The number of aromatic nitrogens is 3. The number of pyridine rings is 1. The van der Waals surface area contributed by atoms with E-state index in [1.165, 1.54) is 4.90 Å². The Morgan fingerprint density at radius 2 is 2.08 bits per heavy atom. The van der Waals surface area contributed by atoms with Crippen LogP contribution >= 0.6 is 15.9 Å². The van der Waals surface area contributed by atoms with Gasteiger partial charge in [0.2, 0.25) is 0 Å². The topological polar surface area (TPSA) is 108 Å². The van der Waals surface area contributed by atoms with E-state index in [0.29, 0.717) is 24.4 Å². The Bertz CT molecular complexity index is 946. The van der Waals surface area contributed by atoms with E-state index in [9.17, 15) is 4.79 Å². The van der Waals surface area contributed by atoms with Crippen LogP contribution in [0.1, 0.15) is 24.6 Å². The van der Waals surface area contributed by atoms with Gasteiger partial charge in [-0.05, 0) is 31.0 Å². The predicted molar refractivity (Wildman–Crippen MR) is 95.1 cm³/mol. The number of carboxylic acid groups (broad SMARTS) is 1. The first-order valence-corrected chi connectivity index (χ1v) is 8.54. The van der Waals surface area contributed by atoms with Crippen LogP contribution in [0.25, 0.3) is 21.9 Å². The van der Waals surface area contributed by atoms with Gasteiger partial charge in [-0.25, -0.2) is 14.8 Å². The number of fused-ring (bicyclic) bond motifs is 3. The first kappa shape index (κ1) is 15.2. The zero-order chi connectivity index (χ0) is 16.8. The highest BCUT2D eigenvalue weighted by molar-refractivity contribution is 9.10. The molecule has 124 valence electrons. The molecule has 7 nitrogen and oxygen atoms in total. The van der Waals surface area contributed by atoms with Crippen molar-refractivity contribution in [3.05, 3.63) is 28.5 Å². The fraction of sp³-hybridized carbons (Fsp3) is 0.312. The molecule has 1 aliphatic heterocycles. The second-order valence-corrected chi connectivity index (χ2v) is 6.96. The average Bonchev–Trinajstić information content (AvgIpc) is 3.01. The SMILES string of the molecule is Nc1nc2cc(Br)ccc2c2[nH]c(C3CCN(C(=O)O)CC3)nc12. The Balaban J connectivity index is 1.75. The van der Waals surface area contributed by atoms with Crippen molar-refractivity contribution in [2.45, 2.75) is 18.8 Å². The summed E-state index contributed by atoms with van der Waals surface area (Å²) >= 11 is 3.45. The molecule has 0 atom stereocenters. The number of piperidine rings is 1. The number of anilines is 1. The molecule has 8 heteroatoms. The van der Waals surface area contributed by atoms with Crippen LogP contribution in [0.5, 0.6) is 0 Å². The van der Waals surface area contributed by atoms with E-state index in [0.717, 1.165) is 39.6 Å². The van der Waals surface area contributed by atoms with E-state index >= 15 is 0 Å². The normalized spacial score (nSPS) is 16.1. The summed E-state index contributed by atoms with van der Waals surface area (Å²) in [5.41, 5.74) is 8.46. The summed E-state index contributed by atoms with van der Waals surface area (Å²) in [5.74, 6) is 1.47. The number of nitrogens with one attached hydrogen (secondary N) is 1. The van der Waals surface area contributed by atoms with E-state index in [1.807, 2.05) is 18.2 Å². The molecule has 0 aliphatic carbocycles. The van der Waals surface area contributed by atoms with Crippen LogP contribution in [0.2, 0.25) is 0 Å². The lowest BCUT2D eigenvalue weighted by molar-refractivity contribution is 0.131. The lowest BCUT2D eigenvalue weighted by Crippen LogP contribution is -2.37. The van der Waals surface area contributed by atoms with Crippen molar-refractivity contribution in [2.75, 3.05) is 18.8 Å². The van der Waals surface area contributed by atoms with Gasteiger partial charge in [-0.2, -0.15) is 0 Å². The van der Waals surface area contributed by atoms with E-state index in [-0.39, 0.29) is 5.92 Å². The Hall–Kier alpha value is -2.35. The van der Waals surface area contributed by atoms with Gasteiger partial charge in [0.15, 0.2) is 5.82 Å². The quantitative estimate of drug-likeness (QED) is 0.591. The van der Waals surface area contributed by atoms with Crippen LogP contribution in [0.3, 0.4) is 0 Å². The second kappa shape index (κ2) is 5.62. The summed E-state index contributed by atoms with van der Waals surface area (Å²) in [6.07, 6.45) is 0.648. The van der Waals surface area contributed by atoms with E-state index < -0.39 is 6.09 Å². The van der Waals surface area contributed by atoms with E-state index in [2.05, 4.69) is 30.9 Å². The first-order valence-electron chi connectivity index (χ1n) is 7.75. The van der Waals surface area contributed by atoms with Gasteiger partial charge in [0.25, 0.3) is 0 Å². The minimum atomic E-state index is -0.858. The molecule has 1 aromatic carbocycles. The van der Waals surface area contributed by atoms with Crippen molar-refractivity contribution in [1.82, 2.24) is 19.9 Å². The molecule has 0 bridgehead atoms. The van der Waals surface area contributed by atoms with Gasteiger partial charge in [0.1, 0.15) is 11.3 Å². The third-order valence-electron chi connectivity index (χ3n) is 4.59. The number of carbonyl (C=O) groups is 1. The van der Waals surface area contributed by atoms with Crippen molar-refractivity contribution in [3.8, 4) is 0 Å². The van der Waals surface area contributed by atoms with Gasteiger partial charge in [-0.3, -0.25) is 0 Å². The maximum atomic E-state index is 11.0. The highest BCUT2D eigenvalue weighted by Crippen LogP contribution is 2.32. The van der Waals surface area contributed by atoms with Crippen LogP contribution in [0.15, 0.2) is 22.7 Å². The van der Waals surface area contributed by atoms with Crippen LogP contribution in [0, 0.1) is 0 Å². The number of nitrogens with zero attached hydrogens (tertiary/aromatic N) is 3. The fourth-order valence-electron chi connectivity index (χ4n) is 3.30. The third kappa shape index (κ3) is 2.47. The first-order chi connectivity index (χ1) is 11.5. The van der Waals surface area contributed by atoms with E-state index in [1.54, 1.807) is 0 Å². The summed E-state index contributed by atoms with van der Waals surface area (Å²) in [4.78, 5) is 25.0. The summed E-state index contributed by atoms with van der Waals surface area (Å²) in [6.45, 7) is 1.05. The Kier molecular flexibility index (Phi) is 3.56. The van der Waals surface area contributed by atoms with E-state index in [4.69, 9.17) is 10.8 Å². The molecule has 0 radical (unpaired) electrons. The van der Waals surface area contributed by atoms with Crippen LogP contribution < -0.4 is 5.73 Å². The molecule has 3 heterocycles. The van der Waals surface area contributed by atoms with Crippen molar-refractivity contribution >= 4 is 49.8 Å². The van der Waals surface area contributed by atoms with Crippen LogP contribution in [0.4, 0.5) is 10.6 Å². The number of hydrogen-bond acceptors (Lipinski definition) is 4. The molecule has 4 N–H and O–H groups in total. The third-order valence-corrected chi connectivity index (χ3v) is 5.08. The number of likely N-dealkylation sites (tertiary alicyclic amines) is 1. The maximum Gasteiger partial charge on any atom is 0.407 e. The summed E-state index contributed by atoms with van der Waals surface area (Å²) in [7, 11) is 0. The minimum Gasteiger partial charge on any atom is -0.465 e. The summed E-state index contributed by atoms with van der Waals surface area (Å²) in [5, 5.41) is 10.0. The second-order valence-electron chi connectivity index (χ2n) is 6.05. The molecule has 2 aromatic heterocycles. The highest BCUT2D eigenvalue weighted by atomic mass is 79.9. The molecule has 0 saturated carbocycles. The Labute approximate surface area is 146 Å². The number of imidazole rings is 1. The largest absolute Gasteiger partial charge is 0.465 e. The lowest BCUT2D eigenvalue weighted by atomic mass is 9.96. The summed E-state index contributed by atoms with van der Waals surface area (Å²) in [6, 6.07) is 5.88. The number of hydrogen-bond donors (Lipinski definition) is 3. The van der Waals surface area contributed by atoms with Crippen molar-refractivity contribution < 1.29 is 9.90 Å². The molecule has 1 fully saturated rings. The number of aromatic amines is 1. The van der Waals surface area contributed by atoms with Gasteiger partial charge >= 0.3 is 6.09 Å². The molecule has 24 heavy (non-hydrogen) atoms. The smallest absolute Gasteiger partial charge is 0.407 e. The van der Waals surface area contributed by atoms with Crippen LogP contribution in [-0.2, 0) is 0 Å². The number of halogens is 1. The molecule has 0 unspecified atom stereocenters. The lowest BCUT2D eigenvalue weighted by Gasteiger charge is -2.28. The van der Waals surface area contributed by atoms with Gasteiger partial charge in [0.05, 0.1) is 11.0 Å². The minimum absolute atomic E-state index is 0.206. The molecule has 1 aliphatic rings. The number of benzene rings is 1. The number of nitrogens with two attached hydrogens (primary N) is 1. The molecule has 4 rings (SSSR count). The molecule has 1 amide bonds. The van der Waals surface area contributed by atoms with Gasteiger partial charge in [-0.1, -0.05) is 15.9 Å². The molecule has 3 aromatic rings. The van der Waals surface area contributed by atoms with Gasteiger partial charge < -0.3 is 20.7 Å². The zero-order valence-electron chi connectivity index (χ0n) is 12.8. The monoisotopic (exact) mass is 389 g/mol. The standard InChI is InChI=1S/C16H16BrN5O2/c17-9-1-2-10-11(7-9)19-14(18)13-12(10)20-15(21-13)8-3-5-22(6-4-8)16(23)24/h1-2,7-8H,3-6H2,(H2,18,19)(H,20,21)(H,23,24). The Morgan fingerprint density at radius 1 is 1.33 bits per heavy atom. The Morgan fingerprint density at radius 3 is 2.79 bits per heavy atom. The fourth-order valence-corrected chi connectivity index (χ4v) is 3.65. The maximum absolute atomic E-state index is 11.0. The number of nitrogen functional groups attached to an aromatic ring is 1. The van der Waals surface area contributed by atoms with Crippen molar-refractivity contribution in [1.29, 1.82) is 0 Å². The molecular weight excluding hydrogens is 374 g/mol. The van der Waals surface area contributed by atoms with Gasteiger partial charge in [0, 0.05) is 28.9 Å². The molecular formula is C16H16BrN5O2. The summed E-state index contributed by atoms with van der Waals surface area (Å²) < 4.78 is 0.946. The van der Waals surface area contributed by atoms with Crippen LogP contribution in [-0.4, -0.2) is 44.1 Å². The molecule has 0 spiro atoms. The highest BCUT2D eigenvalue weighted by Gasteiger charge is 2.26. The molecule has 1 saturated heterocycles. The predicted octanol–water partition coefficient (Wildman–Crippen LogP) is 3.31. The number of rotatable bonds is 1. The number of amides is 1. The number of H-pyrrole nitrogens is 1. The van der Waals surface area contributed by atoms with Gasteiger partial charge in [-0.15, -0.1) is 0 Å².